The average Bonchev–Trinajstić information content (AvgIpc) is 2.64. The number of benzene rings is 1. The van der Waals surface area contributed by atoms with Gasteiger partial charge >= 0.3 is 0 Å². The van der Waals surface area contributed by atoms with Crippen LogP contribution in [-0.2, 0) is 14.8 Å². The van der Waals surface area contributed by atoms with Crippen LogP contribution in [0.3, 0.4) is 0 Å². The first-order valence-electron chi connectivity index (χ1n) is 9.44. The van der Waals surface area contributed by atoms with Gasteiger partial charge in [-0.25, -0.2) is 8.42 Å². The van der Waals surface area contributed by atoms with E-state index in [4.69, 9.17) is 0 Å². The molecule has 1 N–H and O–H groups in total. The fourth-order valence-corrected chi connectivity index (χ4v) is 5.75. The first-order chi connectivity index (χ1) is 12.4. The van der Waals surface area contributed by atoms with E-state index >= 15 is 0 Å². The normalized spacial score (nSPS) is 27.8. The molecule has 1 heterocycles. The summed E-state index contributed by atoms with van der Waals surface area (Å²) in [5, 5.41) is 3.19. The van der Waals surface area contributed by atoms with E-state index in [1.807, 2.05) is 0 Å². The lowest BCUT2D eigenvalue weighted by atomic mass is 9.85. The number of rotatable bonds is 4. The molecule has 26 heavy (non-hydrogen) atoms. The molecule has 7 heteroatoms. The van der Waals surface area contributed by atoms with Gasteiger partial charge in [0.25, 0.3) is 0 Å². The minimum absolute atomic E-state index is 0.0134. The third-order valence-corrected chi connectivity index (χ3v) is 8.05. The van der Waals surface area contributed by atoms with Crippen LogP contribution in [0.2, 0.25) is 0 Å². The molecular formula is C19H27BrN2O3S. The fraction of sp³-hybridized carbons (Fsp3) is 0.632. The highest BCUT2D eigenvalue weighted by atomic mass is 79.9. The van der Waals surface area contributed by atoms with Crippen LogP contribution in [0.5, 0.6) is 0 Å². The first kappa shape index (κ1) is 19.8. The standard InChI is InChI=1S/C19H27BrN2O3S/c1-14-5-2-3-7-18(14)21-19(23)15-6-4-12-22(13-15)26(24,25)17-10-8-16(20)9-11-17/h8-11,14-15,18H,2-7,12-13H2,1H3,(H,21,23)/t14-,15+,18+/m1/s1. The molecule has 144 valence electrons. The minimum atomic E-state index is -3.56. The Balaban J connectivity index is 1.66. The van der Waals surface area contributed by atoms with E-state index in [2.05, 4.69) is 28.2 Å². The Morgan fingerprint density at radius 1 is 1.12 bits per heavy atom. The zero-order chi connectivity index (χ0) is 18.7. The largest absolute Gasteiger partial charge is 0.353 e. The zero-order valence-corrected chi connectivity index (χ0v) is 17.6. The summed E-state index contributed by atoms with van der Waals surface area (Å²) < 4.78 is 28.1. The van der Waals surface area contributed by atoms with Crippen molar-refractivity contribution in [1.82, 2.24) is 9.62 Å². The second kappa shape index (κ2) is 8.40. The lowest BCUT2D eigenvalue weighted by Crippen LogP contribution is -2.49. The van der Waals surface area contributed by atoms with Crippen molar-refractivity contribution in [3.63, 3.8) is 0 Å². The third-order valence-electron chi connectivity index (χ3n) is 5.65. The van der Waals surface area contributed by atoms with Crippen LogP contribution in [0.25, 0.3) is 0 Å². The van der Waals surface area contributed by atoms with Crippen molar-refractivity contribution in [2.45, 2.75) is 56.4 Å². The SMILES string of the molecule is C[C@@H]1CCCC[C@@H]1NC(=O)[C@H]1CCCN(S(=O)(=O)c2ccc(Br)cc2)C1. The van der Waals surface area contributed by atoms with Crippen LogP contribution in [0.1, 0.15) is 45.4 Å². The van der Waals surface area contributed by atoms with Gasteiger partial charge in [-0.05, 0) is 55.9 Å². The van der Waals surface area contributed by atoms with Gasteiger partial charge in [-0.2, -0.15) is 4.31 Å². The summed E-state index contributed by atoms with van der Waals surface area (Å²) in [7, 11) is -3.56. The van der Waals surface area contributed by atoms with Gasteiger partial charge in [0, 0.05) is 23.6 Å². The number of carbonyl (C=O) groups is 1. The molecule has 2 aliphatic rings. The van der Waals surface area contributed by atoms with E-state index in [9.17, 15) is 13.2 Å². The van der Waals surface area contributed by atoms with Crippen LogP contribution in [0.4, 0.5) is 0 Å². The molecule has 0 aromatic heterocycles. The van der Waals surface area contributed by atoms with Gasteiger partial charge in [-0.3, -0.25) is 4.79 Å². The predicted molar refractivity (Wildman–Crippen MR) is 105 cm³/mol. The molecule has 1 saturated heterocycles. The van der Waals surface area contributed by atoms with Crippen LogP contribution in [-0.4, -0.2) is 37.8 Å². The zero-order valence-electron chi connectivity index (χ0n) is 15.2. The Hall–Kier alpha value is -0.920. The Morgan fingerprint density at radius 2 is 1.81 bits per heavy atom. The molecule has 0 bridgehead atoms. The van der Waals surface area contributed by atoms with Crippen LogP contribution >= 0.6 is 15.9 Å². The molecule has 3 atom stereocenters. The van der Waals surface area contributed by atoms with Gasteiger partial charge in [-0.15, -0.1) is 0 Å². The molecule has 5 nitrogen and oxygen atoms in total. The summed E-state index contributed by atoms with van der Waals surface area (Å²) in [4.78, 5) is 13.0. The molecule has 3 rings (SSSR count). The summed E-state index contributed by atoms with van der Waals surface area (Å²) in [6, 6.07) is 6.89. The van der Waals surface area contributed by atoms with E-state index in [1.165, 1.54) is 10.7 Å². The maximum Gasteiger partial charge on any atom is 0.243 e. The summed E-state index contributed by atoms with van der Waals surface area (Å²) >= 11 is 3.33. The molecule has 1 aliphatic carbocycles. The van der Waals surface area contributed by atoms with E-state index < -0.39 is 10.0 Å². The Morgan fingerprint density at radius 3 is 2.50 bits per heavy atom. The molecule has 2 fully saturated rings. The lowest BCUT2D eigenvalue weighted by Gasteiger charge is -2.34. The molecule has 1 aromatic carbocycles. The van der Waals surface area contributed by atoms with Crippen molar-refractivity contribution in [3.8, 4) is 0 Å². The van der Waals surface area contributed by atoms with Gasteiger partial charge in [0.2, 0.25) is 15.9 Å². The number of halogens is 1. The molecule has 1 amide bonds. The van der Waals surface area contributed by atoms with Crippen molar-refractivity contribution in [2.24, 2.45) is 11.8 Å². The quantitative estimate of drug-likeness (QED) is 0.774. The third kappa shape index (κ3) is 4.49. The van der Waals surface area contributed by atoms with Gasteiger partial charge in [0.05, 0.1) is 10.8 Å². The Bertz CT molecular complexity index is 736. The highest BCUT2D eigenvalue weighted by Gasteiger charge is 2.34. The first-order valence-corrected chi connectivity index (χ1v) is 11.7. The summed E-state index contributed by atoms with van der Waals surface area (Å²) in [5.41, 5.74) is 0. The van der Waals surface area contributed by atoms with E-state index in [-0.39, 0.29) is 29.3 Å². The molecule has 1 aliphatic heterocycles. The van der Waals surface area contributed by atoms with Crippen LogP contribution in [0.15, 0.2) is 33.6 Å². The molecular weight excluding hydrogens is 416 g/mol. The van der Waals surface area contributed by atoms with Gasteiger partial charge in [0.15, 0.2) is 0 Å². The summed E-state index contributed by atoms with van der Waals surface area (Å²) in [6.07, 6.45) is 6.04. The minimum Gasteiger partial charge on any atom is -0.353 e. The Kier molecular flexibility index (Phi) is 6.41. The van der Waals surface area contributed by atoms with E-state index in [0.29, 0.717) is 18.9 Å². The highest BCUT2D eigenvalue weighted by molar-refractivity contribution is 9.10. The molecule has 1 saturated carbocycles. The molecule has 0 unspecified atom stereocenters. The van der Waals surface area contributed by atoms with Crippen molar-refractivity contribution in [2.75, 3.05) is 13.1 Å². The average molecular weight is 443 g/mol. The second-order valence-electron chi connectivity index (χ2n) is 7.53. The lowest BCUT2D eigenvalue weighted by molar-refractivity contribution is -0.127. The number of amides is 1. The van der Waals surface area contributed by atoms with E-state index in [0.717, 1.165) is 30.2 Å². The monoisotopic (exact) mass is 442 g/mol. The topological polar surface area (TPSA) is 66.5 Å². The smallest absolute Gasteiger partial charge is 0.243 e. The number of carbonyl (C=O) groups excluding carboxylic acids is 1. The highest BCUT2D eigenvalue weighted by Crippen LogP contribution is 2.27. The Labute approximate surface area is 164 Å². The number of hydrogen-bond acceptors (Lipinski definition) is 3. The van der Waals surface area contributed by atoms with Crippen molar-refractivity contribution in [3.05, 3.63) is 28.7 Å². The number of hydrogen-bond donors (Lipinski definition) is 1. The maximum atomic E-state index is 12.9. The second-order valence-corrected chi connectivity index (χ2v) is 10.4. The number of sulfonamides is 1. The predicted octanol–water partition coefficient (Wildman–Crippen LogP) is 3.54. The van der Waals surface area contributed by atoms with Gasteiger partial charge in [0.1, 0.15) is 0 Å². The van der Waals surface area contributed by atoms with Crippen molar-refractivity contribution >= 4 is 31.9 Å². The van der Waals surface area contributed by atoms with Gasteiger partial charge in [-0.1, -0.05) is 35.7 Å². The summed E-state index contributed by atoms with van der Waals surface area (Å²) in [6.45, 7) is 2.93. The van der Waals surface area contributed by atoms with Crippen LogP contribution < -0.4 is 5.32 Å². The fourth-order valence-electron chi connectivity index (χ4n) is 3.96. The maximum absolute atomic E-state index is 12.9. The van der Waals surface area contributed by atoms with Crippen molar-refractivity contribution in [1.29, 1.82) is 0 Å². The van der Waals surface area contributed by atoms with Gasteiger partial charge < -0.3 is 5.32 Å². The van der Waals surface area contributed by atoms with Crippen molar-refractivity contribution < 1.29 is 13.2 Å². The molecule has 0 spiro atoms. The summed E-state index contributed by atoms with van der Waals surface area (Å²) in [5.74, 6) is 0.251. The number of piperidine rings is 1. The number of nitrogens with one attached hydrogen (secondary N) is 1. The van der Waals surface area contributed by atoms with E-state index in [1.54, 1.807) is 24.3 Å². The molecule has 1 aromatic rings. The molecule has 0 radical (unpaired) electrons. The van der Waals surface area contributed by atoms with Crippen LogP contribution in [0, 0.1) is 11.8 Å². The number of nitrogens with zero attached hydrogens (tertiary/aromatic N) is 1.